The highest BCUT2D eigenvalue weighted by atomic mass is 19.4. The second-order valence-electron chi connectivity index (χ2n) is 5.66. The van der Waals surface area contributed by atoms with Crippen LogP contribution in [0.4, 0.5) is 18.0 Å². The van der Waals surface area contributed by atoms with Crippen molar-refractivity contribution in [2.45, 2.75) is 19.2 Å². The van der Waals surface area contributed by atoms with Gasteiger partial charge in [0.1, 0.15) is 11.5 Å². The molecule has 1 amide bonds. The van der Waals surface area contributed by atoms with Crippen LogP contribution in [0.15, 0.2) is 48.5 Å². The first-order valence-corrected chi connectivity index (χ1v) is 7.84. The molecule has 1 heterocycles. The summed E-state index contributed by atoms with van der Waals surface area (Å²) in [6.45, 7) is 1.42. The van der Waals surface area contributed by atoms with Crippen LogP contribution in [-0.4, -0.2) is 30.4 Å². The van der Waals surface area contributed by atoms with Gasteiger partial charge in [0.25, 0.3) is 0 Å². The number of nitrogens with zero attached hydrogens (tertiary/aromatic N) is 1. The molecule has 1 fully saturated rings. The van der Waals surface area contributed by atoms with Gasteiger partial charge in [-0.3, -0.25) is 0 Å². The first-order chi connectivity index (χ1) is 11.9. The zero-order valence-electron chi connectivity index (χ0n) is 13.3. The Bertz CT molecular complexity index is 721. The zero-order valence-corrected chi connectivity index (χ0v) is 13.3. The second kappa shape index (κ2) is 7.04. The molecule has 7 heteroatoms. The van der Waals surface area contributed by atoms with Gasteiger partial charge < -0.3 is 14.4 Å². The zero-order chi connectivity index (χ0) is 17.9. The van der Waals surface area contributed by atoms with Gasteiger partial charge in [0.2, 0.25) is 0 Å². The van der Waals surface area contributed by atoms with Crippen molar-refractivity contribution in [1.82, 2.24) is 4.90 Å². The van der Waals surface area contributed by atoms with Crippen LogP contribution in [0.3, 0.4) is 0 Å². The lowest BCUT2D eigenvalue weighted by atomic mass is 10.1. The molecule has 2 aromatic carbocycles. The van der Waals surface area contributed by atoms with Crippen LogP contribution in [-0.2, 0) is 0 Å². The number of carbonyl (C=O) groups excluding carboxylic acids is 1. The Hall–Kier alpha value is -2.70. The van der Waals surface area contributed by atoms with Gasteiger partial charge in [-0.15, -0.1) is 13.2 Å². The van der Waals surface area contributed by atoms with E-state index in [1.165, 1.54) is 24.3 Å². The van der Waals surface area contributed by atoms with Crippen molar-refractivity contribution < 1.29 is 27.4 Å². The number of rotatable bonds is 3. The summed E-state index contributed by atoms with van der Waals surface area (Å²) in [7, 11) is 0. The van der Waals surface area contributed by atoms with E-state index in [-0.39, 0.29) is 11.8 Å². The van der Waals surface area contributed by atoms with Crippen molar-refractivity contribution in [3.8, 4) is 22.6 Å². The lowest BCUT2D eigenvalue weighted by Gasteiger charge is -2.15. The summed E-state index contributed by atoms with van der Waals surface area (Å²) in [5.74, 6) is 0.157. The standard InChI is InChI=1S/C18H16F3NO3/c19-18(20,21)25-16-9-5-14(6-10-16)13-3-7-15(8-4-13)24-17(23)22-11-1-2-12-22/h3-10H,1-2,11-12H2. The number of carbonyl (C=O) groups is 1. The maximum atomic E-state index is 12.2. The topological polar surface area (TPSA) is 38.8 Å². The number of halogens is 3. The molecule has 0 N–H and O–H groups in total. The summed E-state index contributed by atoms with van der Waals surface area (Å²) < 4.78 is 45.6. The van der Waals surface area contributed by atoms with E-state index in [9.17, 15) is 18.0 Å². The normalized spacial score (nSPS) is 14.4. The average Bonchev–Trinajstić information content (AvgIpc) is 3.09. The molecule has 0 spiro atoms. The second-order valence-corrected chi connectivity index (χ2v) is 5.66. The third-order valence-corrected chi connectivity index (χ3v) is 3.84. The maximum absolute atomic E-state index is 12.2. The van der Waals surface area contributed by atoms with Gasteiger partial charge in [0.15, 0.2) is 0 Å². The fourth-order valence-electron chi connectivity index (χ4n) is 2.63. The first kappa shape index (κ1) is 17.1. The summed E-state index contributed by atoms with van der Waals surface area (Å²) in [4.78, 5) is 13.6. The molecule has 0 aromatic heterocycles. The van der Waals surface area contributed by atoms with E-state index in [0.29, 0.717) is 18.8 Å². The molecule has 0 radical (unpaired) electrons. The Morgan fingerprint density at radius 3 is 1.80 bits per heavy atom. The lowest BCUT2D eigenvalue weighted by Crippen LogP contribution is -2.30. The minimum absolute atomic E-state index is 0.271. The number of alkyl halides is 3. The average molecular weight is 351 g/mol. The fraction of sp³-hybridized carbons (Fsp3) is 0.278. The van der Waals surface area contributed by atoms with Crippen molar-refractivity contribution in [2.75, 3.05) is 13.1 Å². The molecule has 2 aromatic rings. The molecule has 1 aliphatic heterocycles. The molecular formula is C18H16F3NO3. The van der Waals surface area contributed by atoms with Gasteiger partial charge in [-0.25, -0.2) is 4.79 Å². The molecule has 0 saturated carbocycles. The lowest BCUT2D eigenvalue weighted by molar-refractivity contribution is -0.274. The van der Waals surface area contributed by atoms with Crippen LogP contribution in [0.1, 0.15) is 12.8 Å². The Morgan fingerprint density at radius 2 is 1.32 bits per heavy atom. The maximum Gasteiger partial charge on any atom is 0.573 e. The summed E-state index contributed by atoms with van der Waals surface area (Å²) in [5, 5.41) is 0. The highest BCUT2D eigenvalue weighted by Gasteiger charge is 2.30. The van der Waals surface area contributed by atoms with E-state index in [0.717, 1.165) is 24.0 Å². The Labute approximate surface area is 142 Å². The molecule has 1 saturated heterocycles. The molecule has 0 atom stereocenters. The van der Waals surface area contributed by atoms with E-state index in [1.54, 1.807) is 29.2 Å². The number of hydrogen-bond acceptors (Lipinski definition) is 3. The smallest absolute Gasteiger partial charge is 0.410 e. The predicted molar refractivity (Wildman–Crippen MR) is 85.4 cm³/mol. The number of amides is 1. The molecule has 132 valence electrons. The number of benzene rings is 2. The quantitative estimate of drug-likeness (QED) is 0.794. The molecule has 1 aliphatic rings. The van der Waals surface area contributed by atoms with Crippen molar-refractivity contribution >= 4 is 6.09 Å². The SMILES string of the molecule is O=C(Oc1ccc(-c2ccc(OC(F)(F)F)cc2)cc1)N1CCCC1. The van der Waals surface area contributed by atoms with Gasteiger partial charge >= 0.3 is 12.5 Å². The summed E-state index contributed by atoms with van der Waals surface area (Å²) in [6, 6.07) is 12.4. The van der Waals surface area contributed by atoms with E-state index < -0.39 is 6.36 Å². The van der Waals surface area contributed by atoms with Crippen molar-refractivity contribution in [1.29, 1.82) is 0 Å². The van der Waals surface area contributed by atoms with Gasteiger partial charge in [0, 0.05) is 13.1 Å². The highest BCUT2D eigenvalue weighted by molar-refractivity contribution is 5.72. The molecule has 0 bridgehead atoms. The minimum Gasteiger partial charge on any atom is -0.410 e. The van der Waals surface area contributed by atoms with E-state index in [2.05, 4.69) is 4.74 Å². The van der Waals surface area contributed by atoms with Gasteiger partial charge in [-0.1, -0.05) is 24.3 Å². The Kier molecular flexibility index (Phi) is 4.83. The fourth-order valence-corrected chi connectivity index (χ4v) is 2.63. The van der Waals surface area contributed by atoms with Gasteiger partial charge in [-0.2, -0.15) is 0 Å². The van der Waals surface area contributed by atoms with Crippen molar-refractivity contribution in [3.05, 3.63) is 48.5 Å². The van der Waals surface area contributed by atoms with Crippen LogP contribution < -0.4 is 9.47 Å². The number of likely N-dealkylation sites (tertiary alicyclic amines) is 1. The van der Waals surface area contributed by atoms with Crippen molar-refractivity contribution in [2.24, 2.45) is 0 Å². The molecule has 0 unspecified atom stereocenters. The molecule has 25 heavy (non-hydrogen) atoms. The van der Waals surface area contributed by atoms with E-state index in [4.69, 9.17) is 4.74 Å². The Balaban J connectivity index is 1.64. The van der Waals surface area contributed by atoms with Crippen LogP contribution >= 0.6 is 0 Å². The summed E-state index contributed by atoms with van der Waals surface area (Å²) in [6.07, 6.45) is -3.09. The third kappa shape index (κ3) is 4.65. The largest absolute Gasteiger partial charge is 0.573 e. The summed E-state index contributed by atoms with van der Waals surface area (Å²) in [5.41, 5.74) is 1.52. The Morgan fingerprint density at radius 1 is 0.840 bits per heavy atom. The van der Waals surface area contributed by atoms with E-state index >= 15 is 0 Å². The minimum atomic E-state index is -4.71. The molecular weight excluding hydrogens is 335 g/mol. The van der Waals surface area contributed by atoms with Crippen LogP contribution in [0.2, 0.25) is 0 Å². The van der Waals surface area contributed by atoms with Crippen LogP contribution in [0, 0.1) is 0 Å². The molecule has 4 nitrogen and oxygen atoms in total. The van der Waals surface area contributed by atoms with Crippen LogP contribution in [0.25, 0.3) is 11.1 Å². The predicted octanol–water partition coefficient (Wildman–Crippen LogP) is 4.85. The van der Waals surface area contributed by atoms with Gasteiger partial charge in [-0.05, 0) is 48.2 Å². The number of ether oxygens (including phenoxy) is 2. The van der Waals surface area contributed by atoms with Gasteiger partial charge in [0.05, 0.1) is 0 Å². The molecule has 0 aliphatic carbocycles. The summed E-state index contributed by atoms with van der Waals surface area (Å²) >= 11 is 0. The van der Waals surface area contributed by atoms with Crippen molar-refractivity contribution in [3.63, 3.8) is 0 Å². The highest BCUT2D eigenvalue weighted by Crippen LogP contribution is 2.27. The first-order valence-electron chi connectivity index (χ1n) is 7.84. The third-order valence-electron chi connectivity index (χ3n) is 3.84. The monoisotopic (exact) mass is 351 g/mol. The van der Waals surface area contributed by atoms with E-state index in [1.807, 2.05) is 0 Å². The van der Waals surface area contributed by atoms with Crippen LogP contribution in [0.5, 0.6) is 11.5 Å². The number of hydrogen-bond donors (Lipinski definition) is 0. The molecule has 3 rings (SSSR count).